The van der Waals surface area contributed by atoms with Crippen LogP contribution in [-0.4, -0.2) is 57.7 Å². The fourth-order valence-electron chi connectivity index (χ4n) is 1.04. The lowest BCUT2D eigenvalue weighted by molar-refractivity contribution is -0.187. The maximum atomic E-state index is 10.8. The molecule has 0 heterocycles. The quantitative estimate of drug-likeness (QED) is 0.318. The largest absolute Gasteiger partial charge is 0.391 e. The van der Waals surface area contributed by atoms with Crippen molar-refractivity contribution in [1.82, 2.24) is 5.32 Å². The molecule has 0 radical (unpaired) electrons. The molecular weight excluding hydrogens is 206 g/mol. The fourth-order valence-corrected chi connectivity index (χ4v) is 1.04. The highest BCUT2D eigenvalue weighted by molar-refractivity contribution is 5.73. The fraction of sp³-hybridized carbons (Fsp3) is 0.875. The predicted octanol–water partition coefficient (Wildman–Crippen LogP) is -2.48. The van der Waals surface area contributed by atoms with Gasteiger partial charge in [0.25, 0.3) is 0 Å². The summed E-state index contributed by atoms with van der Waals surface area (Å²) in [6, 6.07) is -1.20. The second-order valence-electron chi connectivity index (χ2n) is 3.14. The summed E-state index contributed by atoms with van der Waals surface area (Å²) in [5.74, 6) is -0.500. The van der Waals surface area contributed by atoms with Crippen molar-refractivity contribution < 1.29 is 30.0 Å². The standard InChI is InChI=1S/C8H17NO6/c1-4(11)7(13)6(9-5(2)12)8(14)15-3-10/h4,6-8,10-11,13-14H,3H2,1-2H3,(H,9,12)/t4?,6?,7?,8-/m1/s1. The molecule has 0 bridgehead atoms. The number of nitrogens with one attached hydrogen (secondary N) is 1. The van der Waals surface area contributed by atoms with E-state index in [9.17, 15) is 15.0 Å². The lowest BCUT2D eigenvalue weighted by Crippen LogP contribution is -2.54. The number of amides is 1. The van der Waals surface area contributed by atoms with E-state index in [0.717, 1.165) is 0 Å². The van der Waals surface area contributed by atoms with Crippen molar-refractivity contribution in [3.05, 3.63) is 0 Å². The third-order valence-corrected chi connectivity index (χ3v) is 1.78. The van der Waals surface area contributed by atoms with Crippen LogP contribution >= 0.6 is 0 Å². The lowest BCUT2D eigenvalue weighted by Gasteiger charge is -2.28. The summed E-state index contributed by atoms with van der Waals surface area (Å²) < 4.78 is 4.40. The number of ether oxygens (including phenoxy) is 1. The van der Waals surface area contributed by atoms with Crippen LogP contribution in [0.5, 0.6) is 0 Å². The molecule has 1 amide bonds. The molecule has 7 nitrogen and oxygen atoms in total. The van der Waals surface area contributed by atoms with Crippen LogP contribution < -0.4 is 5.32 Å². The van der Waals surface area contributed by atoms with E-state index in [0.29, 0.717) is 0 Å². The second-order valence-corrected chi connectivity index (χ2v) is 3.14. The third-order valence-electron chi connectivity index (χ3n) is 1.78. The van der Waals surface area contributed by atoms with Crippen molar-refractivity contribution >= 4 is 5.91 Å². The summed E-state index contributed by atoms with van der Waals surface area (Å²) in [4.78, 5) is 10.8. The highest BCUT2D eigenvalue weighted by atomic mass is 16.7. The van der Waals surface area contributed by atoms with Gasteiger partial charge in [-0.2, -0.15) is 0 Å². The molecule has 0 spiro atoms. The first-order valence-electron chi connectivity index (χ1n) is 4.44. The van der Waals surface area contributed by atoms with Crippen molar-refractivity contribution in [3.8, 4) is 0 Å². The molecule has 3 unspecified atom stereocenters. The Morgan fingerprint density at radius 1 is 1.40 bits per heavy atom. The van der Waals surface area contributed by atoms with E-state index >= 15 is 0 Å². The van der Waals surface area contributed by atoms with E-state index in [2.05, 4.69) is 10.1 Å². The molecule has 0 saturated carbocycles. The van der Waals surface area contributed by atoms with E-state index in [1.165, 1.54) is 13.8 Å². The van der Waals surface area contributed by atoms with Gasteiger partial charge in [-0.25, -0.2) is 0 Å². The summed E-state index contributed by atoms with van der Waals surface area (Å²) in [6.07, 6.45) is -4.14. The maximum absolute atomic E-state index is 10.8. The SMILES string of the molecule is CC(=O)NC(C(O)C(C)O)[C@H](O)OCO. The van der Waals surface area contributed by atoms with Gasteiger partial charge in [0, 0.05) is 6.92 Å². The average Bonchev–Trinajstić information content (AvgIpc) is 2.13. The van der Waals surface area contributed by atoms with E-state index < -0.39 is 37.2 Å². The van der Waals surface area contributed by atoms with Crippen LogP contribution in [0.1, 0.15) is 13.8 Å². The van der Waals surface area contributed by atoms with E-state index in [-0.39, 0.29) is 0 Å². The summed E-state index contributed by atoms with van der Waals surface area (Å²) in [5.41, 5.74) is 0. The third kappa shape index (κ3) is 5.05. The second kappa shape index (κ2) is 6.70. The molecule has 90 valence electrons. The normalized spacial score (nSPS) is 19.1. The minimum atomic E-state index is -1.59. The molecule has 0 aromatic carbocycles. The van der Waals surface area contributed by atoms with Gasteiger partial charge in [-0.3, -0.25) is 4.79 Å². The predicted molar refractivity (Wildman–Crippen MR) is 49.5 cm³/mol. The molecule has 0 aromatic rings. The summed E-state index contributed by atoms with van der Waals surface area (Å²) >= 11 is 0. The summed E-state index contributed by atoms with van der Waals surface area (Å²) in [6.45, 7) is 1.72. The van der Waals surface area contributed by atoms with Gasteiger partial charge in [0.2, 0.25) is 5.91 Å². The number of carbonyl (C=O) groups is 1. The smallest absolute Gasteiger partial charge is 0.217 e. The van der Waals surface area contributed by atoms with Crippen molar-refractivity contribution in [2.24, 2.45) is 0 Å². The van der Waals surface area contributed by atoms with Gasteiger partial charge in [0.1, 0.15) is 18.9 Å². The highest BCUT2D eigenvalue weighted by Crippen LogP contribution is 2.06. The number of hydrogen-bond donors (Lipinski definition) is 5. The van der Waals surface area contributed by atoms with Crippen LogP contribution in [-0.2, 0) is 9.53 Å². The van der Waals surface area contributed by atoms with Gasteiger partial charge in [0.15, 0.2) is 6.29 Å². The lowest BCUT2D eigenvalue weighted by atomic mass is 10.1. The zero-order chi connectivity index (χ0) is 12.0. The van der Waals surface area contributed by atoms with E-state index in [4.69, 9.17) is 10.2 Å². The van der Waals surface area contributed by atoms with Crippen LogP contribution in [0.25, 0.3) is 0 Å². The van der Waals surface area contributed by atoms with Gasteiger partial charge in [-0.1, -0.05) is 0 Å². The zero-order valence-electron chi connectivity index (χ0n) is 8.62. The molecule has 0 saturated heterocycles. The topological polar surface area (TPSA) is 119 Å². The van der Waals surface area contributed by atoms with Gasteiger partial charge in [0.05, 0.1) is 6.10 Å². The van der Waals surface area contributed by atoms with Gasteiger partial charge in [-0.05, 0) is 6.92 Å². The summed E-state index contributed by atoms with van der Waals surface area (Å²) in [5, 5.41) is 38.5. The monoisotopic (exact) mass is 223 g/mol. The molecule has 0 aliphatic heterocycles. The first-order valence-corrected chi connectivity index (χ1v) is 4.44. The zero-order valence-corrected chi connectivity index (χ0v) is 8.62. The molecule has 0 rings (SSSR count). The number of hydrogen-bond acceptors (Lipinski definition) is 6. The molecule has 15 heavy (non-hydrogen) atoms. The first-order chi connectivity index (χ1) is 6.90. The van der Waals surface area contributed by atoms with E-state index in [1.54, 1.807) is 0 Å². The Morgan fingerprint density at radius 3 is 2.27 bits per heavy atom. The minimum Gasteiger partial charge on any atom is -0.391 e. The van der Waals surface area contributed by atoms with Crippen molar-refractivity contribution in [3.63, 3.8) is 0 Å². The Labute approximate surface area is 87.3 Å². The molecule has 5 N–H and O–H groups in total. The Bertz CT molecular complexity index is 198. The van der Waals surface area contributed by atoms with Gasteiger partial charge >= 0.3 is 0 Å². The van der Waals surface area contributed by atoms with Crippen molar-refractivity contribution in [2.45, 2.75) is 38.4 Å². The van der Waals surface area contributed by atoms with Crippen LogP contribution in [0.15, 0.2) is 0 Å². The molecule has 0 aromatic heterocycles. The van der Waals surface area contributed by atoms with Gasteiger partial charge in [-0.15, -0.1) is 0 Å². The molecule has 4 atom stereocenters. The molecule has 0 fully saturated rings. The number of aliphatic hydroxyl groups excluding tert-OH is 4. The van der Waals surface area contributed by atoms with Crippen molar-refractivity contribution in [1.29, 1.82) is 0 Å². The molecular formula is C8H17NO6. The molecule has 0 aliphatic rings. The van der Waals surface area contributed by atoms with Crippen LogP contribution in [0, 0.1) is 0 Å². The Hall–Kier alpha value is -0.730. The molecule has 0 aliphatic carbocycles. The minimum absolute atomic E-state index is 0.500. The Kier molecular flexibility index (Phi) is 6.37. The highest BCUT2D eigenvalue weighted by Gasteiger charge is 2.31. The number of carbonyl (C=O) groups excluding carboxylic acids is 1. The first kappa shape index (κ1) is 14.3. The number of rotatable bonds is 6. The Balaban J connectivity index is 4.48. The van der Waals surface area contributed by atoms with Gasteiger partial charge < -0.3 is 30.5 Å². The summed E-state index contributed by atoms with van der Waals surface area (Å²) in [7, 11) is 0. The van der Waals surface area contributed by atoms with Crippen molar-refractivity contribution in [2.75, 3.05) is 6.79 Å². The van der Waals surface area contributed by atoms with Crippen LogP contribution in [0.2, 0.25) is 0 Å². The maximum Gasteiger partial charge on any atom is 0.217 e. The number of aliphatic hydroxyl groups is 4. The molecule has 7 heteroatoms. The van der Waals surface area contributed by atoms with E-state index in [1.807, 2.05) is 0 Å². The van der Waals surface area contributed by atoms with Crippen LogP contribution in [0.3, 0.4) is 0 Å². The Morgan fingerprint density at radius 2 is 1.93 bits per heavy atom. The average molecular weight is 223 g/mol. The van der Waals surface area contributed by atoms with Crippen LogP contribution in [0.4, 0.5) is 0 Å².